The van der Waals surface area contributed by atoms with Gasteiger partial charge in [0, 0.05) is 11.8 Å². The molecule has 1 aliphatic rings. The van der Waals surface area contributed by atoms with E-state index in [0.717, 1.165) is 0 Å². The lowest BCUT2D eigenvalue weighted by atomic mass is 9.84. The Kier molecular flexibility index (Phi) is 3.18. The third-order valence-corrected chi connectivity index (χ3v) is 3.55. The highest BCUT2D eigenvalue weighted by atomic mass is 19.1. The molecule has 22 heavy (non-hydrogen) atoms. The molecular weight excluding hydrogens is 285 g/mol. The maximum absolute atomic E-state index is 13.1. The monoisotopic (exact) mass is 297 g/mol. The second kappa shape index (κ2) is 5.04. The van der Waals surface area contributed by atoms with E-state index in [1.54, 1.807) is 13.0 Å². The number of aryl methyl sites for hydroxylation is 1. The Labute approximate surface area is 125 Å². The maximum atomic E-state index is 13.1. The average Bonchev–Trinajstić information content (AvgIpc) is 2.46. The number of pyridine rings is 1. The van der Waals surface area contributed by atoms with Gasteiger partial charge < -0.3 is 15.5 Å². The molecule has 3 rings (SSSR count). The first-order valence-corrected chi connectivity index (χ1v) is 6.58. The van der Waals surface area contributed by atoms with Gasteiger partial charge in [0.1, 0.15) is 23.2 Å². The molecule has 2 heterocycles. The Morgan fingerprint density at radius 2 is 2.05 bits per heavy atom. The van der Waals surface area contributed by atoms with Crippen LogP contribution in [0.3, 0.4) is 0 Å². The molecule has 1 atom stereocenters. The molecule has 110 valence electrons. The third kappa shape index (κ3) is 2.13. The molecule has 0 bridgehead atoms. The number of fused-ring (bicyclic) bond motifs is 1. The fourth-order valence-corrected chi connectivity index (χ4v) is 2.59. The van der Waals surface area contributed by atoms with E-state index < -0.39 is 11.7 Å². The lowest BCUT2D eigenvalue weighted by Gasteiger charge is -2.25. The SMILES string of the molecule is Cc1cc2c(c(=O)[nH]1)[C@H](c1ccc(F)cc1)C(C#N)=C(N)O2. The zero-order chi connectivity index (χ0) is 15.9. The van der Waals surface area contributed by atoms with Gasteiger partial charge in [0.2, 0.25) is 5.88 Å². The van der Waals surface area contributed by atoms with E-state index in [0.29, 0.717) is 22.6 Å². The quantitative estimate of drug-likeness (QED) is 0.842. The van der Waals surface area contributed by atoms with Gasteiger partial charge in [-0.25, -0.2) is 4.39 Å². The van der Waals surface area contributed by atoms with Gasteiger partial charge in [0.05, 0.1) is 11.5 Å². The van der Waals surface area contributed by atoms with Crippen LogP contribution in [0.15, 0.2) is 46.6 Å². The molecule has 6 heteroatoms. The summed E-state index contributed by atoms with van der Waals surface area (Å²) >= 11 is 0. The number of hydrogen-bond donors (Lipinski definition) is 2. The number of nitriles is 1. The molecule has 5 nitrogen and oxygen atoms in total. The highest BCUT2D eigenvalue weighted by Crippen LogP contribution is 2.39. The number of nitrogens with zero attached hydrogens (tertiary/aromatic N) is 1. The topological polar surface area (TPSA) is 91.9 Å². The lowest BCUT2D eigenvalue weighted by Crippen LogP contribution is -2.28. The van der Waals surface area contributed by atoms with Crippen molar-refractivity contribution in [2.45, 2.75) is 12.8 Å². The van der Waals surface area contributed by atoms with Crippen LogP contribution in [0.1, 0.15) is 22.7 Å². The highest BCUT2D eigenvalue weighted by Gasteiger charge is 2.33. The normalized spacial score (nSPS) is 16.7. The standard InChI is InChI=1S/C16H12FN3O2/c1-8-6-12-14(16(21)20-8)13(11(7-18)15(19)22-12)9-2-4-10(17)5-3-9/h2-6,13H,19H2,1H3,(H,20,21)/t13-/m1/s1. The minimum atomic E-state index is -0.682. The second-order valence-electron chi connectivity index (χ2n) is 5.04. The predicted molar refractivity (Wildman–Crippen MR) is 77.5 cm³/mol. The van der Waals surface area contributed by atoms with E-state index in [1.165, 1.54) is 24.3 Å². The number of halogens is 1. The molecule has 1 aromatic carbocycles. The summed E-state index contributed by atoms with van der Waals surface area (Å²) in [6.07, 6.45) is 0. The Morgan fingerprint density at radius 1 is 1.36 bits per heavy atom. The van der Waals surface area contributed by atoms with Gasteiger partial charge in [0.15, 0.2) is 0 Å². The number of aromatic nitrogens is 1. The summed E-state index contributed by atoms with van der Waals surface area (Å²) < 4.78 is 18.6. The molecule has 0 amide bonds. The van der Waals surface area contributed by atoms with E-state index in [2.05, 4.69) is 4.98 Å². The van der Waals surface area contributed by atoms with Crippen molar-refractivity contribution >= 4 is 0 Å². The van der Waals surface area contributed by atoms with Crippen molar-refractivity contribution in [1.82, 2.24) is 4.98 Å². The molecular formula is C16H12FN3O2. The summed E-state index contributed by atoms with van der Waals surface area (Å²) in [4.78, 5) is 15.0. The van der Waals surface area contributed by atoms with Crippen LogP contribution >= 0.6 is 0 Å². The molecule has 0 radical (unpaired) electrons. The van der Waals surface area contributed by atoms with Gasteiger partial charge in [-0.1, -0.05) is 12.1 Å². The van der Waals surface area contributed by atoms with Crippen molar-refractivity contribution in [3.05, 3.63) is 74.8 Å². The van der Waals surface area contributed by atoms with E-state index in [9.17, 15) is 14.4 Å². The summed E-state index contributed by atoms with van der Waals surface area (Å²) in [5.74, 6) is -0.815. The Morgan fingerprint density at radius 3 is 2.68 bits per heavy atom. The van der Waals surface area contributed by atoms with Crippen LogP contribution in [0, 0.1) is 24.1 Å². The molecule has 3 N–H and O–H groups in total. The number of benzene rings is 1. The molecule has 2 aromatic rings. The Balaban J connectivity index is 2.29. The molecule has 0 saturated carbocycles. The van der Waals surface area contributed by atoms with Crippen molar-refractivity contribution < 1.29 is 9.13 Å². The Bertz CT molecular complexity index is 876. The van der Waals surface area contributed by atoms with E-state index in [1.807, 2.05) is 6.07 Å². The minimum Gasteiger partial charge on any atom is -0.440 e. The average molecular weight is 297 g/mol. The maximum Gasteiger partial charge on any atom is 0.256 e. The number of nitrogens with one attached hydrogen (secondary N) is 1. The molecule has 0 unspecified atom stereocenters. The van der Waals surface area contributed by atoms with Crippen LogP contribution in [0.4, 0.5) is 4.39 Å². The number of rotatable bonds is 1. The lowest BCUT2D eigenvalue weighted by molar-refractivity contribution is 0.391. The summed E-state index contributed by atoms with van der Waals surface area (Å²) in [6, 6.07) is 9.24. The first kappa shape index (κ1) is 13.9. The fourth-order valence-electron chi connectivity index (χ4n) is 2.59. The number of hydrogen-bond acceptors (Lipinski definition) is 4. The zero-order valence-electron chi connectivity index (χ0n) is 11.7. The highest BCUT2D eigenvalue weighted by molar-refractivity contribution is 5.54. The number of H-pyrrole nitrogens is 1. The molecule has 1 aromatic heterocycles. The minimum absolute atomic E-state index is 0.0469. The number of ether oxygens (including phenoxy) is 1. The third-order valence-electron chi connectivity index (χ3n) is 3.55. The van der Waals surface area contributed by atoms with Crippen molar-refractivity contribution in [3.8, 4) is 11.8 Å². The zero-order valence-corrected chi connectivity index (χ0v) is 11.7. The van der Waals surface area contributed by atoms with Crippen LogP contribution < -0.4 is 16.0 Å². The summed E-state index contributed by atoms with van der Waals surface area (Å²) in [6.45, 7) is 1.72. The number of aromatic amines is 1. The van der Waals surface area contributed by atoms with Gasteiger partial charge in [-0.15, -0.1) is 0 Å². The van der Waals surface area contributed by atoms with Crippen molar-refractivity contribution in [2.24, 2.45) is 5.73 Å². The summed E-state index contributed by atoms with van der Waals surface area (Å²) in [7, 11) is 0. The molecule has 0 saturated heterocycles. The van der Waals surface area contributed by atoms with Crippen molar-refractivity contribution in [2.75, 3.05) is 0 Å². The van der Waals surface area contributed by atoms with Gasteiger partial charge in [-0.05, 0) is 24.6 Å². The second-order valence-corrected chi connectivity index (χ2v) is 5.04. The smallest absolute Gasteiger partial charge is 0.256 e. The van der Waals surface area contributed by atoms with Crippen LogP contribution in [-0.2, 0) is 0 Å². The van der Waals surface area contributed by atoms with Crippen LogP contribution in [0.2, 0.25) is 0 Å². The summed E-state index contributed by atoms with van der Waals surface area (Å²) in [5.41, 5.74) is 7.10. The van der Waals surface area contributed by atoms with E-state index in [4.69, 9.17) is 10.5 Å². The summed E-state index contributed by atoms with van der Waals surface area (Å²) in [5, 5.41) is 9.36. The number of nitrogens with two attached hydrogens (primary N) is 1. The van der Waals surface area contributed by atoms with Gasteiger partial charge in [-0.2, -0.15) is 5.26 Å². The van der Waals surface area contributed by atoms with E-state index >= 15 is 0 Å². The largest absolute Gasteiger partial charge is 0.440 e. The van der Waals surface area contributed by atoms with Crippen molar-refractivity contribution in [1.29, 1.82) is 5.26 Å². The molecule has 0 aliphatic carbocycles. The van der Waals surface area contributed by atoms with Crippen LogP contribution in [0.25, 0.3) is 0 Å². The first-order valence-electron chi connectivity index (χ1n) is 6.58. The Hall–Kier alpha value is -3.07. The van der Waals surface area contributed by atoms with E-state index in [-0.39, 0.29) is 17.0 Å². The van der Waals surface area contributed by atoms with Gasteiger partial charge in [-0.3, -0.25) is 4.79 Å². The van der Waals surface area contributed by atoms with Gasteiger partial charge in [0.25, 0.3) is 5.56 Å². The molecule has 0 spiro atoms. The molecule has 0 fully saturated rings. The van der Waals surface area contributed by atoms with Gasteiger partial charge >= 0.3 is 0 Å². The van der Waals surface area contributed by atoms with Crippen molar-refractivity contribution in [3.63, 3.8) is 0 Å². The fraction of sp³-hybridized carbons (Fsp3) is 0.125. The predicted octanol–water partition coefficient (Wildman–Crippen LogP) is 2.04. The van der Waals surface area contributed by atoms with Crippen LogP contribution in [0.5, 0.6) is 5.75 Å². The first-order chi connectivity index (χ1) is 10.5. The number of allylic oxidation sites excluding steroid dienone is 1. The molecule has 1 aliphatic heterocycles. The van der Waals surface area contributed by atoms with Crippen LogP contribution in [-0.4, -0.2) is 4.98 Å².